The van der Waals surface area contributed by atoms with E-state index in [1.165, 1.54) is 4.88 Å². The van der Waals surface area contributed by atoms with Crippen LogP contribution in [-0.2, 0) is 0 Å². The van der Waals surface area contributed by atoms with Crippen LogP contribution in [0.25, 0.3) is 0 Å². The molecular formula is C15H20N2OS. The summed E-state index contributed by atoms with van der Waals surface area (Å²) in [6.07, 6.45) is 0. The molecule has 102 valence electrons. The summed E-state index contributed by atoms with van der Waals surface area (Å²) < 4.78 is 5.66. The van der Waals surface area contributed by atoms with Gasteiger partial charge in [0.2, 0.25) is 0 Å². The molecule has 0 aliphatic heterocycles. The Morgan fingerprint density at radius 3 is 2.53 bits per heavy atom. The third-order valence-electron chi connectivity index (χ3n) is 2.90. The van der Waals surface area contributed by atoms with Crippen LogP contribution in [0.15, 0.2) is 41.8 Å². The molecule has 1 heterocycles. The zero-order chi connectivity index (χ0) is 13.7. The van der Waals surface area contributed by atoms with Gasteiger partial charge in [-0.1, -0.05) is 18.2 Å². The summed E-state index contributed by atoms with van der Waals surface area (Å²) in [7, 11) is 4.07. The average Bonchev–Trinajstić information content (AvgIpc) is 2.92. The maximum Gasteiger partial charge on any atom is 0.119 e. The summed E-state index contributed by atoms with van der Waals surface area (Å²) in [5, 5.41) is 2.05. The van der Waals surface area contributed by atoms with E-state index in [1.807, 2.05) is 49.8 Å². The molecular weight excluding hydrogens is 256 g/mol. The lowest BCUT2D eigenvalue weighted by molar-refractivity contribution is 0.261. The fourth-order valence-corrected chi connectivity index (χ4v) is 2.50. The van der Waals surface area contributed by atoms with Gasteiger partial charge in [0.25, 0.3) is 0 Å². The van der Waals surface area contributed by atoms with Gasteiger partial charge in [0.15, 0.2) is 0 Å². The highest BCUT2D eigenvalue weighted by Crippen LogP contribution is 2.25. The van der Waals surface area contributed by atoms with Crippen molar-refractivity contribution in [1.29, 1.82) is 0 Å². The molecule has 0 fully saturated rings. The van der Waals surface area contributed by atoms with Crippen LogP contribution >= 0.6 is 11.3 Å². The van der Waals surface area contributed by atoms with Gasteiger partial charge >= 0.3 is 0 Å². The van der Waals surface area contributed by atoms with Gasteiger partial charge in [0, 0.05) is 11.4 Å². The van der Waals surface area contributed by atoms with Crippen molar-refractivity contribution in [3.05, 3.63) is 52.2 Å². The molecule has 0 saturated carbocycles. The largest absolute Gasteiger partial charge is 0.492 e. The van der Waals surface area contributed by atoms with Crippen molar-refractivity contribution >= 4 is 11.3 Å². The molecule has 19 heavy (non-hydrogen) atoms. The molecule has 2 N–H and O–H groups in total. The number of likely N-dealkylation sites (N-methyl/N-ethyl adjacent to an activating group) is 1. The molecule has 0 bridgehead atoms. The molecule has 0 radical (unpaired) electrons. The number of nitrogens with zero attached hydrogens (tertiary/aromatic N) is 1. The Balaban J connectivity index is 1.94. The fraction of sp³-hybridized carbons (Fsp3) is 0.333. The lowest BCUT2D eigenvalue weighted by atomic mass is 10.1. The normalized spacial score (nSPS) is 12.6. The lowest BCUT2D eigenvalue weighted by Gasteiger charge is -2.13. The molecule has 1 atom stereocenters. The standard InChI is InChI=1S/C15H20N2OS/c1-17(2)9-10-18-13-7-5-12(6-8-13)15(16)14-4-3-11-19-14/h3-8,11,15H,9-10,16H2,1-2H3. The first-order valence-corrected chi connectivity index (χ1v) is 7.21. The van der Waals surface area contributed by atoms with Gasteiger partial charge in [0.1, 0.15) is 12.4 Å². The van der Waals surface area contributed by atoms with E-state index < -0.39 is 0 Å². The smallest absolute Gasteiger partial charge is 0.119 e. The van der Waals surface area contributed by atoms with Gasteiger partial charge in [-0.15, -0.1) is 11.3 Å². The number of hydrogen-bond acceptors (Lipinski definition) is 4. The van der Waals surface area contributed by atoms with E-state index in [9.17, 15) is 0 Å². The summed E-state index contributed by atoms with van der Waals surface area (Å²) in [5.41, 5.74) is 7.33. The highest BCUT2D eigenvalue weighted by molar-refractivity contribution is 7.10. The monoisotopic (exact) mass is 276 g/mol. The zero-order valence-corrected chi connectivity index (χ0v) is 12.2. The predicted molar refractivity (Wildman–Crippen MR) is 80.8 cm³/mol. The van der Waals surface area contributed by atoms with Crippen LogP contribution in [0.5, 0.6) is 5.75 Å². The Morgan fingerprint density at radius 1 is 1.21 bits per heavy atom. The number of nitrogens with two attached hydrogens (primary N) is 1. The highest BCUT2D eigenvalue weighted by Gasteiger charge is 2.09. The summed E-state index contributed by atoms with van der Waals surface area (Å²) in [5.74, 6) is 0.893. The Kier molecular flexibility index (Phi) is 4.96. The molecule has 1 aromatic carbocycles. The number of ether oxygens (including phenoxy) is 1. The van der Waals surface area contributed by atoms with Crippen LogP contribution < -0.4 is 10.5 Å². The summed E-state index contributed by atoms with van der Waals surface area (Å²) in [6.45, 7) is 1.61. The van der Waals surface area contributed by atoms with Crippen LogP contribution in [0.1, 0.15) is 16.5 Å². The van der Waals surface area contributed by atoms with Crippen molar-refractivity contribution in [2.75, 3.05) is 27.2 Å². The first kappa shape index (κ1) is 14.1. The topological polar surface area (TPSA) is 38.5 Å². The fourth-order valence-electron chi connectivity index (χ4n) is 1.75. The van der Waals surface area contributed by atoms with Crippen molar-refractivity contribution in [2.45, 2.75) is 6.04 Å². The third kappa shape index (κ3) is 4.06. The van der Waals surface area contributed by atoms with E-state index >= 15 is 0 Å². The maximum absolute atomic E-state index is 6.21. The van der Waals surface area contributed by atoms with E-state index in [1.54, 1.807) is 11.3 Å². The lowest BCUT2D eigenvalue weighted by Crippen LogP contribution is -2.19. The van der Waals surface area contributed by atoms with Crippen LogP contribution in [0.2, 0.25) is 0 Å². The van der Waals surface area contributed by atoms with Gasteiger partial charge in [-0.2, -0.15) is 0 Å². The highest BCUT2D eigenvalue weighted by atomic mass is 32.1. The van der Waals surface area contributed by atoms with Crippen molar-refractivity contribution < 1.29 is 4.74 Å². The Labute approximate surface area is 118 Å². The summed E-state index contributed by atoms with van der Waals surface area (Å²) >= 11 is 1.69. The molecule has 0 aliphatic rings. The third-order valence-corrected chi connectivity index (χ3v) is 3.85. The molecule has 0 spiro atoms. The molecule has 3 nitrogen and oxygen atoms in total. The second-order valence-corrected chi connectivity index (χ2v) is 5.69. The Morgan fingerprint density at radius 2 is 1.95 bits per heavy atom. The minimum Gasteiger partial charge on any atom is -0.492 e. The van der Waals surface area contributed by atoms with E-state index in [0.29, 0.717) is 6.61 Å². The van der Waals surface area contributed by atoms with Gasteiger partial charge in [-0.05, 0) is 43.2 Å². The first-order chi connectivity index (χ1) is 9.16. The summed E-state index contributed by atoms with van der Waals surface area (Å²) in [4.78, 5) is 3.28. The minimum absolute atomic E-state index is 0.0455. The number of rotatable bonds is 6. The van der Waals surface area contributed by atoms with Crippen LogP contribution in [0, 0.1) is 0 Å². The van der Waals surface area contributed by atoms with E-state index in [0.717, 1.165) is 17.9 Å². The Hall–Kier alpha value is -1.36. The number of thiophene rings is 1. The molecule has 0 aliphatic carbocycles. The second kappa shape index (κ2) is 6.70. The van der Waals surface area contributed by atoms with Crippen LogP contribution in [0.3, 0.4) is 0 Å². The van der Waals surface area contributed by atoms with Gasteiger partial charge in [-0.3, -0.25) is 0 Å². The molecule has 1 unspecified atom stereocenters. The van der Waals surface area contributed by atoms with Gasteiger partial charge in [-0.25, -0.2) is 0 Å². The van der Waals surface area contributed by atoms with Crippen molar-refractivity contribution in [3.63, 3.8) is 0 Å². The van der Waals surface area contributed by atoms with Gasteiger partial charge in [0.05, 0.1) is 6.04 Å². The average molecular weight is 276 g/mol. The van der Waals surface area contributed by atoms with Gasteiger partial charge < -0.3 is 15.4 Å². The maximum atomic E-state index is 6.21. The molecule has 4 heteroatoms. The number of hydrogen-bond donors (Lipinski definition) is 1. The molecule has 0 amide bonds. The second-order valence-electron chi connectivity index (χ2n) is 4.71. The molecule has 2 aromatic rings. The zero-order valence-electron chi connectivity index (χ0n) is 11.4. The van der Waals surface area contributed by atoms with Crippen LogP contribution in [0.4, 0.5) is 0 Å². The van der Waals surface area contributed by atoms with Crippen molar-refractivity contribution in [3.8, 4) is 5.75 Å². The quantitative estimate of drug-likeness (QED) is 0.881. The first-order valence-electron chi connectivity index (χ1n) is 6.33. The molecule has 2 rings (SSSR count). The van der Waals surface area contributed by atoms with Crippen molar-refractivity contribution in [1.82, 2.24) is 4.90 Å². The SMILES string of the molecule is CN(C)CCOc1ccc(C(N)c2cccs2)cc1. The molecule has 0 saturated heterocycles. The van der Waals surface area contributed by atoms with Crippen LogP contribution in [-0.4, -0.2) is 32.1 Å². The minimum atomic E-state index is -0.0455. The number of benzene rings is 1. The predicted octanol–water partition coefficient (Wildman–Crippen LogP) is 2.74. The van der Waals surface area contributed by atoms with E-state index in [-0.39, 0.29) is 6.04 Å². The molecule has 1 aromatic heterocycles. The van der Waals surface area contributed by atoms with E-state index in [2.05, 4.69) is 11.0 Å². The van der Waals surface area contributed by atoms with E-state index in [4.69, 9.17) is 10.5 Å². The van der Waals surface area contributed by atoms with Crippen molar-refractivity contribution in [2.24, 2.45) is 5.73 Å². The Bertz CT molecular complexity index is 479. The summed E-state index contributed by atoms with van der Waals surface area (Å²) in [6, 6.07) is 12.1.